The highest BCUT2D eigenvalue weighted by atomic mass is 16.5. The maximum Gasteiger partial charge on any atom is 0.154 e. The number of allylic oxidation sites excluding steroid dienone is 1. The molecule has 3 heteroatoms. The summed E-state index contributed by atoms with van der Waals surface area (Å²) in [5, 5.41) is 16.9. The Hall–Kier alpha value is -2.26. The molecule has 1 aromatic rings. The number of benzene rings is 1. The third kappa shape index (κ3) is 3.97. The standard InChI is InChI=1S/C12H10N2O/c13-8-12(9-14)6-7-15-10-11-4-2-1-3-5-11/h1-7,12H,10H2. The monoisotopic (exact) mass is 198 g/mol. The number of hydrogen-bond acceptors (Lipinski definition) is 3. The van der Waals surface area contributed by atoms with Crippen LogP contribution in [0, 0.1) is 28.6 Å². The van der Waals surface area contributed by atoms with Gasteiger partial charge in [-0.3, -0.25) is 0 Å². The fourth-order valence-corrected chi connectivity index (χ4v) is 0.968. The second-order valence-corrected chi connectivity index (χ2v) is 2.86. The van der Waals surface area contributed by atoms with Crippen molar-refractivity contribution in [2.45, 2.75) is 6.61 Å². The third-order valence-electron chi connectivity index (χ3n) is 1.74. The lowest BCUT2D eigenvalue weighted by molar-refractivity contribution is 0.235. The molecule has 1 aromatic carbocycles. The van der Waals surface area contributed by atoms with E-state index < -0.39 is 5.92 Å². The van der Waals surface area contributed by atoms with E-state index in [0.29, 0.717) is 6.61 Å². The molecular weight excluding hydrogens is 188 g/mol. The van der Waals surface area contributed by atoms with Gasteiger partial charge in [0.15, 0.2) is 5.92 Å². The van der Waals surface area contributed by atoms with Crippen molar-refractivity contribution in [1.82, 2.24) is 0 Å². The van der Waals surface area contributed by atoms with Crippen LogP contribution >= 0.6 is 0 Å². The SMILES string of the molecule is N#CC(C#N)C=COCc1ccccc1. The normalized spacial score (nSPS) is 9.80. The third-order valence-corrected chi connectivity index (χ3v) is 1.74. The Morgan fingerprint density at radius 2 is 1.87 bits per heavy atom. The zero-order valence-corrected chi connectivity index (χ0v) is 8.13. The number of rotatable bonds is 4. The molecule has 0 saturated heterocycles. The molecular formula is C12H10N2O. The van der Waals surface area contributed by atoms with E-state index in [1.165, 1.54) is 12.3 Å². The van der Waals surface area contributed by atoms with E-state index in [0.717, 1.165) is 5.56 Å². The van der Waals surface area contributed by atoms with Gasteiger partial charge in [-0.05, 0) is 11.6 Å². The number of nitrogens with zero attached hydrogens (tertiary/aromatic N) is 2. The molecule has 1 rings (SSSR count). The predicted molar refractivity (Wildman–Crippen MR) is 55.1 cm³/mol. The molecule has 0 amide bonds. The van der Waals surface area contributed by atoms with Gasteiger partial charge in [0.2, 0.25) is 0 Å². The van der Waals surface area contributed by atoms with Crippen LogP contribution in [0.15, 0.2) is 42.7 Å². The van der Waals surface area contributed by atoms with Crippen molar-refractivity contribution in [3.05, 3.63) is 48.2 Å². The lowest BCUT2D eigenvalue weighted by atomic mass is 10.2. The summed E-state index contributed by atoms with van der Waals surface area (Å²) < 4.78 is 5.17. The maximum absolute atomic E-state index is 8.46. The molecule has 0 fully saturated rings. The summed E-state index contributed by atoms with van der Waals surface area (Å²) in [6.07, 6.45) is 2.83. The van der Waals surface area contributed by atoms with E-state index in [1.807, 2.05) is 42.5 Å². The van der Waals surface area contributed by atoms with Gasteiger partial charge in [-0.25, -0.2) is 0 Å². The van der Waals surface area contributed by atoms with Crippen molar-refractivity contribution in [2.24, 2.45) is 5.92 Å². The van der Waals surface area contributed by atoms with E-state index in [9.17, 15) is 0 Å². The Morgan fingerprint density at radius 3 is 2.47 bits per heavy atom. The molecule has 0 aliphatic rings. The van der Waals surface area contributed by atoms with Crippen molar-refractivity contribution < 1.29 is 4.74 Å². The minimum atomic E-state index is -0.735. The van der Waals surface area contributed by atoms with Crippen LogP contribution in [0.1, 0.15) is 5.56 Å². The first kappa shape index (κ1) is 10.8. The molecule has 15 heavy (non-hydrogen) atoms. The first-order valence-electron chi connectivity index (χ1n) is 4.48. The van der Waals surface area contributed by atoms with Gasteiger partial charge in [-0.1, -0.05) is 30.3 Å². The molecule has 0 spiro atoms. The summed E-state index contributed by atoms with van der Waals surface area (Å²) in [4.78, 5) is 0. The highest BCUT2D eigenvalue weighted by Crippen LogP contribution is 2.01. The second-order valence-electron chi connectivity index (χ2n) is 2.86. The van der Waals surface area contributed by atoms with Gasteiger partial charge in [0.25, 0.3) is 0 Å². The first-order chi connectivity index (χ1) is 7.36. The highest BCUT2D eigenvalue weighted by Gasteiger charge is 1.97. The van der Waals surface area contributed by atoms with Crippen LogP contribution in [0.5, 0.6) is 0 Å². The first-order valence-corrected chi connectivity index (χ1v) is 4.48. The molecule has 0 heterocycles. The lowest BCUT2D eigenvalue weighted by Gasteiger charge is -1.99. The number of hydrogen-bond donors (Lipinski definition) is 0. The molecule has 0 atom stereocenters. The molecule has 0 aliphatic carbocycles. The molecule has 74 valence electrons. The Labute approximate surface area is 88.8 Å². The molecule has 0 bridgehead atoms. The fourth-order valence-electron chi connectivity index (χ4n) is 0.968. The zero-order valence-electron chi connectivity index (χ0n) is 8.13. The summed E-state index contributed by atoms with van der Waals surface area (Å²) in [5.74, 6) is -0.735. The average Bonchev–Trinajstić information content (AvgIpc) is 2.31. The van der Waals surface area contributed by atoms with E-state index in [4.69, 9.17) is 15.3 Å². The van der Waals surface area contributed by atoms with Gasteiger partial charge in [-0.2, -0.15) is 10.5 Å². The van der Waals surface area contributed by atoms with Crippen LogP contribution in [0.2, 0.25) is 0 Å². The summed E-state index contributed by atoms with van der Waals surface area (Å²) in [6, 6.07) is 13.3. The molecule has 3 nitrogen and oxygen atoms in total. The van der Waals surface area contributed by atoms with Crippen molar-refractivity contribution >= 4 is 0 Å². The average molecular weight is 198 g/mol. The van der Waals surface area contributed by atoms with E-state index >= 15 is 0 Å². The van der Waals surface area contributed by atoms with Crippen LogP contribution in [-0.2, 0) is 11.3 Å². The van der Waals surface area contributed by atoms with Gasteiger partial charge in [-0.15, -0.1) is 0 Å². The molecule has 0 radical (unpaired) electrons. The van der Waals surface area contributed by atoms with Crippen LogP contribution in [-0.4, -0.2) is 0 Å². The summed E-state index contributed by atoms with van der Waals surface area (Å²) in [5.41, 5.74) is 1.05. The van der Waals surface area contributed by atoms with E-state index in [2.05, 4.69) is 0 Å². The fraction of sp³-hybridized carbons (Fsp3) is 0.167. The van der Waals surface area contributed by atoms with Gasteiger partial charge in [0, 0.05) is 0 Å². The van der Waals surface area contributed by atoms with Crippen LogP contribution in [0.4, 0.5) is 0 Å². The minimum Gasteiger partial charge on any atom is -0.497 e. The Kier molecular flexibility index (Phi) is 4.50. The van der Waals surface area contributed by atoms with Gasteiger partial charge in [0.05, 0.1) is 18.4 Å². The Morgan fingerprint density at radius 1 is 1.20 bits per heavy atom. The van der Waals surface area contributed by atoms with Gasteiger partial charge >= 0.3 is 0 Å². The van der Waals surface area contributed by atoms with Crippen LogP contribution in [0.25, 0.3) is 0 Å². The molecule has 0 N–H and O–H groups in total. The predicted octanol–water partition coefficient (Wildman–Crippen LogP) is 2.38. The molecule has 0 saturated carbocycles. The zero-order chi connectivity index (χ0) is 10.9. The van der Waals surface area contributed by atoms with E-state index in [-0.39, 0.29) is 0 Å². The lowest BCUT2D eigenvalue weighted by Crippen LogP contribution is -1.88. The summed E-state index contributed by atoms with van der Waals surface area (Å²) in [6.45, 7) is 0.445. The molecule has 0 aromatic heterocycles. The van der Waals surface area contributed by atoms with E-state index in [1.54, 1.807) is 0 Å². The van der Waals surface area contributed by atoms with Crippen LogP contribution in [0.3, 0.4) is 0 Å². The number of nitriles is 2. The Bertz CT molecular complexity index is 384. The molecule has 0 unspecified atom stereocenters. The minimum absolute atomic E-state index is 0.445. The van der Waals surface area contributed by atoms with Crippen molar-refractivity contribution in [1.29, 1.82) is 10.5 Å². The summed E-state index contributed by atoms with van der Waals surface area (Å²) >= 11 is 0. The maximum atomic E-state index is 8.46. The summed E-state index contributed by atoms with van der Waals surface area (Å²) in [7, 11) is 0. The van der Waals surface area contributed by atoms with Crippen molar-refractivity contribution in [2.75, 3.05) is 0 Å². The quantitative estimate of drug-likeness (QED) is 0.698. The van der Waals surface area contributed by atoms with Crippen LogP contribution < -0.4 is 0 Å². The van der Waals surface area contributed by atoms with Gasteiger partial charge < -0.3 is 4.74 Å². The number of ether oxygens (including phenoxy) is 1. The smallest absolute Gasteiger partial charge is 0.154 e. The van der Waals surface area contributed by atoms with Gasteiger partial charge in [0.1, 0.15) is 6.61 Å². The largest absolute Gasteiger partial charge is 0.497 e. The topological polar surface area (TPSA) is 56.8 Å². The molecule has 0 aliphatic heterocycles. The highest BCUT2D eigenvalue weighted by molar-refractivity contribution is 5.14. The second kappa shape index (κ2) is 6.23. The van der Waals surface area contributed by atoms with Crippen molar-refractivity contribution in [3.63, 3.8) is 0 Å². The van der Waals surface area contributed by atoms with Crippen molar-refractivity contribution in [3.8, 4) is 12.1 Å². The Balaban J connectivity index is 2.35.